The van der Waals surface area contributed by atoms with Gasteiger partial charge in [0.15, 0.2) is 0 Å². The summed E-state index contributed by atoms with van der Waals surface area (Å²) in [6.45, 7) is 1.86. The van der Waals surface area contributed by atoms with Crippen LogP contribution in [0.2, 0.25) is 5.02 Å². The predicted octanol–water partition coefficient (Wildman–Crippen LogP) is 3.43. The van der Waals surface area contributed by atoms with Crippen LogP contribution in [0.5, 0.6) is 0 Å². The molecule has 0 radical (unpaired) electrons. The molecular weight excluding hydrogens is 160 g/mol. The summed E-state index contributed by atoms with van der Waals surface area (Å²) in [5, 5.41) is 4.08. The molecule has 0 aliphatic rings. The lowest BCUT2D eigenvalue weighted by Crippen LogP contribution is -1.86. The van der Waals surface area contributed by atoms with Crippen molar-refractivity contribution in [3.8, 4) is 0 Å². The van der Waals surface area contributed by atoms with Crippen molar-refractivity contribution in [3.63, 3.8) is 0 Å². The second-order valence-corrected chi connectivity index (χ2v) is 2.80. The van der Waals surface area contributed by atoms with E-state index in [-0.39, 0.29) is 6.04 Å². The Kier molecular flexibility index (Phi) is 2.60. The third kappa shape index (κ3) is 2.02. The van der Waals surface area contributed by atoms with Crippen LogP contribution in [0.3, 0.4) is 0 Å². The van der Waals surface area contributed by atoms with Crippen LogP contribution in [0, 0.1) is 5.53 Å². The first-order valence-electron chi connectivity index (χ1n) is 3.36. The fourth-order valence-corrected chi connectivity index (χ4v) is 1.04. The number of nitrogens with one attached hydrogen (secondary N) is 1. The molecule has 1 atom stereocenters. The molecule has 11 heavy (non-hydrogen) atoms. The first-order chi connectivity index (χ1) is 5.24. The summed E-state index contributed by atoms with van der Waals surface area (Å²) in [6, 6.07) is 7.31. The molecule has 2 nitrogen and oxygen atoms in total. The first kappa shape index (κ1) is 8.21. The van der Waals surface area contributed by atoms with Gasteiger partial charge in [-0.2, -0.15) is 5.11 Å². The molecule has 0 saturated heterocycles. The molecule has 0 fully saturated rings. The molecule has 0 saturated carbocycles. The molecule has 1 N–H and O–H groups in total. The van der Waals surface area contributed by atoms with E-state index in [2.05, 4.69) is 5.11 Å². The molecule has 3 heteroatoms. The first-order valence-corrected chi connectivity index (χ1v) is 3.74. The van der Waals surface area contributed by atoms with Crippen LogP contribution < -0.4 is 0 Å². The van der Waals surface area contributed by atoms with E-state index in [1.54, 1.807) is 0 Å². The van der Waals surface area contributed by atoms with E-state index in [1.165, 1.54) is 0 Å². The van der Waals surface area contributed by atoms with Gasteiger partial charge >= 0.3 is 0 Å². The van der Waals surface area contributed by atoms with Gasteiger partial charge in [0.2, 0.25) is 0 Å². The SMILES string of the molecule is CC(N=N)c1cccc(Cl)c1. The minimum absolute atomic E-state index is 0.0892. The van der Waals surface area contributed by atoms with E-state index in [0.29, 0.717) is 5.02 Å². The fourth-order valence-electron chi connectivity index (χ4n) is 0.841. The molecule has 1 unspecified atom stereocenters. The van der Waals surface area contributed by atoms with Crippen molar-refractivity contribution in [1.29, 1.82) is 5.53 Å². The van der Waals surface area contributed by atoms with Gasteiger partial charge in [0.05, 0.1) is 6.04 Å². The molecule has 0 spiro atoms. The Balaban J connectivity index is 2.95. The van der Waals surface area contributed by atoms with Crippen LogP contribution in [-0.4, -0.2) is 0 Å². The Bertz CT molecular complexity index is 260. The molecule has 0 amide bonds. The number of hydrogen-bond acceptors (Lipinski definition) is 2. The maximum Gasteiger partial charge on any atom is 0.0927 e. The molecule has 1 rings (SSSR count). The zero-order chi connectivity index (χ0) is 8.27. The average molecular weight is 169 g/mol. The van der Waals surface area contributed by atoms with E-state index in [4.69, 9.17) is 17.1 Å². The lowest BCUT2D eigenvalue weighted by Gasteiger charge is -2.03. The molecule has 58 valence electrons. The van der Waals surface area contributed by atoms with Crippen molar-refractivity contribution in [2.24, 2.45) is 5.11 Å². The van der Waals surface area contributed by atoms with Crippen LogP contribution in [0.25, 0.3) is 0 Å². The van der Waals surface area contributed by atoms with Gasteiger partial charge in [-0.3, -0.25) is 0 Å². The second kappa shape index (κ2) is 3.49. The number of rotatable bonds is 2. The summed E-state index contributed by atoms with van der Waals surface area (Å²) < 4.78 is 0. The molecule has 0 aliphatic carbocycles. The summed E-state index contributed by atoms with van der Waals surface area (Å²) >= 11 is 5.74. The van der Waals surface area contributed by atoms with E-state index in [0.717, 1.165) is 5.56 Å². The van der Waals surface area contributed by atoms with Crippen molar-refractivity contribution in [2.45, 2.75) is 13.0 Å². The van der Waals surface area contributed by atoms with Gasteiger partial charge in [0.25, 0.3) is 0 Å². The van der Waals surface area contributed by atoms with Crippen LogP contribution in [0.1, 0.15) is 18.5 Å². The molecule has 1 aromatic carbocycles. The third-order valence-electron chi connectivity index (χ3n) is 1.52. The number of halogens is 1. The van der Waals surface area contributed by atoms with Crippen molar-refractivity contribution in [1.82, 2.24) is 0 Å². The highest BCUT2D eigenvalue weighted by Gasteiger charge is 2.01. The zero-order valence-electron chi connectivity index (χ0n) is 6.21. The van der Waals surface area contributed by atoms with Crippen LogP contribution in [-0.2, 0) is 0 Å². The highest BCUT2D eigenvalue weighted by atomic mass is 35.5. The van der Waals surface area contributed by atoms with Gasteiger partial charge < -0.3 is 0 Å². The Hall–Kier alpha value is -0.890. The Morgan fingerprint density at radius 2 is 2.27 bits per heavy atom. The molecule has 0 heterocycles. The molecule has 0 bridgehead atoms. The van der Waals surface area contributed by atoms with Gasteiger partial charge in [-0.1, -0.05) is 23.7 Å². The lowest BCUT2D eigenvalue weighted by atomic mass is 10.1. The van der Waals surface area contributed by atoms with Gasteiger partial charge in [-0.05, 0) is 24.6 Å². The van der Waals surface area contributed by atoms with E-state index in [1.807, 2.05) is 31.2 Å². The Labute approximate surface area is 70.7 Å². The highest BCUT2D eigenvalue weighted by Crippen LogP contribution is 2.19. The van der Waals surface area contributed by atoms with Gasteiger partial charge in [0, 0.05) is 5.02 Å². The Morgan fingerprint density at radius 1 is 1.55 bits per heavy atom. The zero-order valence-corrected chi connectivity index (χ0v) is 6.97. The van der Waals surface area contributed by atoms with E-state index in [9.17, 15) is 0 Å². The van der Waals surface area contributed by atoms with Crippen LogP contribution in [0.4, 0.5) is 0 Å². The van der Waals surface area contributed by atoms with Crippen molar-refractivity contribution < 1.29 is 0 Å². The number of nitrogens with zero attached hydrogens (tertiary/aromatic N) is 1. The summed E-state index contributed by atoms with van der Waals surface area (Å²) in [7, 11) is 0. The smallest absolute Gasteiger partial charge is 0.0927 e. The minimum Gasteiger partial charge on any atom is -0.209 e. The van der Waals surface area contributed by atoms with Gasteiger partial charge in [0.1, 0.15) is 0 Å². The average Bonchev–Trinajstić information content (AvgIpc) is 2.03. The van der Waals surface area contributed by atoms with Crippen molar-refractivity contribution in [2.75, 3.05) is 0 Å². The number of benzene rings is 1. The normalized spacial score (nSPS) is 12.5. The highest BCUT2D eigenvalue weighted by molar-refractivity contribution is 6.30. The van der Waals surface area contributed by atoms with Crippen LogP contribution in [0.15, 0.2) is 29.4 Å². The second-order valence-electron chi connectivity index (χ2n) is 2.36. The minimum atomic E-state index is -0.0892. The quantitative estimate of drug-likeness (QED) is 0.657. The largest absolute Gasteiger partial charge is 0.209 e. The Morgan fingerprint density at radius 3 is 2.82 bits per heavy atom. The van der Waals surface area contributed by atoms with Crippen molar-refractivity contribution >= 4 is 11.6 Å². The molecule has 0 aromatic heterocycles. The molecule has 1 aromatic rings. The summed E-state index contributed by atoms with van der Waals surface area (Å²) in [5.74, 6) is 0. The monoisotopic (exact) mass is 168 g/mol. The summed E-state index contributed by atoms with van der Waals surface area (Å²) in [4.78, 5) is 0. The predicted molar refractivity (Wildman–Crippen MR) is 45.0 cm³/mol. The van der Waals surface area contributed by atoms with E-state index >= 15 is 0 Å². The lowest BCUT2D eigenvalue weighted by molar-refractivity contribution is 0.734. The fraction of sp³-hybridized carbons (Fsp3) is 0.250. The van der Waals surface area contributed by atoms with Gasteiger partial charge in [-0.15, -0.1) is 0 Å². The van der Waals surface area contributed by atoms with Crippen LogP contribution >= 0.6 is 11.6 Å². The topological polar surface area (TPSA) is 36.2 Å². The maximum absolute atomic E-state index is 6.80. The van der Waals surface area contributed by atoms with Crippen molar-refractivity contribution in [3.05, 3.63) is 34.9 Å². The third-order valence-corrected chi connectivity index (χ3v) is 1.76. The summed E-state index contributed by atoms with van der Waals surface area (Å²) in [6.07, 6.45) is 0. The standard InChI is InChI=1S/C8H9ClN2/c1-6(11-10)7-3-2-4-8(9)5-7/h2-6,10H,1H3. The number of hydrogen-bond donors (Lipinski definition) is 1. The maximum atomic E-state index is 6.80. The molecule has 0 aliphatic heterocycles. The van der Waals surface area contributed by atoms with Gasteiger partial charge in [-0.25, -0.2) is 5.53 Å². The van der Waals surface area contributed by atoms with E-state index < -0.39 is 0 Å². The summed E-state index contributed by atoms with van der Waals surface area (Å²) in [5.41, 5.74) is 7.78. The molecular formula is C8H9ClN2.